The highest BCUT2D eigenvalue weighted by Gasteiger charge is 2.49. The van der Waals surface area contributed by atoms with Gasteiger partial charge in [-0.15, -0.1) is 0 Å². The molecular weight excluding hydrogens is 212 g/mol. The Morgan fingerprint density at radius 2 is 2.12 bits per heavy atom. The number of hydrogen-bond donors (Lipinski definition) is 1. The smallest absolute Gasteiger partial charge is 0.231 e. The Balaban J connectivity index is 2.13. The fourth-order valence-electron chi connectivity index (χ4n) is 3.05. The molecule has 1 atom stereocenters. The zero-order valence-electron chi connectivity index (χ0n) is 10.4. The van der Waals surface area contributed by atoms with Crippen molar-refractivity contribution in [3.63, 3.8) is 0 Å². The number of nitrogens with zero attached hydrogens (tertiary/aromatic N) is 1. The molecule has 2 N–H and O–H groups in total. The van der Waals surface area contributed by atoms with E-state index in [2.05, 4.69) is 13.0 Å². The monoisotopic (exact) mass is 230 g/mol. The SMILES string of the molecule is CC(N)C1(c2cccc3c2CC(=O)N3C)CC1. The minimum absolute atomic E-state index is 0.136. The molecule has 0 spiro atoms. The second-order valence-electron chi connectivity index (χ2n) is 5.38. The van der Waals surface area contributed by atoms with E-state index in [-0.39, 0.29) is 17.4 Å². The van der Waals surface area contributed by atoms with Crippen molar-refractivity contribution in [1.82, 2.24) is 0 Å². The summed E-state index contributed by atoms with van der Waals surface area (Å²) in [7, 11) is 1.85. The average Bonchev–Trinajstić information content (AvgIpc) is 3.04. The summed E-state index contributed by atoms with van der Waals surface area (Å²) in [6, 6.07) is 6.39. The zero-order valence-corrected chi connectivity index (χ0v) is 10.4. The lowest BCUT2D eigenvalue weighted by atomic mass is 9.85. The van der Waals surface area contributed by atoms with Gasteiger partial charge in [-0.05, 0) is 37.0 Å². The van der Waals surface area contributed by atoms with Crippen molar-refractivity contribution in [3.05, 3.63) is 29.3 Å². The van der Waals surface area contributed by atoms with Crippen molar-refractivity contribution in [2.24, 2.45) is 5.73 Å². The molecule has 3 nitrogen and oxygen atoms in total. The van der Waals surface area contributed by atoms with Gasteiger partial charge < -0.3 is 10.6 Å². The van der Waals surface area contributed by atoms with Crippen LogP contribution in [0.5, 0.6) is 0 Å². The predicted molar refractivity (Wildman–Crippen MR) is 68.1 cm³/mol. The highest BCUT2D eigenvalue weighted by Crippen LogP contribution is 2.53. The van der Waals surface area contributed by atoms with E-state index in [4.69, 9.17) is 5.73 Å². The minimum Gasteiger partial charge on any atom is -0.327 e. The van der Waals surface area contributed by atoms with E-state index in [0.717, 1.165) is 18.5 Å². The fourth-order valence-corrected chi connectivity index (χ4v) is 3.05. The summed E-state index contributed by atoms with van der Waals surface area (Å²) in [5.41, 5.74) is 9.85. The van der Waals surface area contributed by atoms with Gasteiger partial charge in [0.1, 0.15) is 0 Å². The molecule has 1 unspecified atom stereocenters. The summed E-state index contributed by atoms with van der Waals surface area (Å²) in [6.07, 6.45) is 2.84. The Morgan fingerprint density at radius 1 is 1.41 bits per heavy atom. The van der Waals surface area contributed by atoms with E-state index < -0.39 is 0 Å². The van der Waals surface area contributed by atoms with Crippen molar-refractivity contribution in [2.75, 3.05) is 11.9 Å². The Kier molecular flexibility index (Phi) is 2.11. The van der Waals surface area contributed by atoms with Gasteiger partial charge >= 0.3 is 0 Å². The number of amides is 1. The van der Waals surface area contributed by atoms with Crippen molar-refractivity contribution < 1.29 is 4.79 Å². The van der Waals surface area contributed by atoms with E-state index in [0.29, 0.717) is 6.42 Å². The van der Waals surface area contributed by atoms with Crippen LogP contribution in [0.15, 0.2) is 18.2 Å². The molecule has 1 aromatic rings. The molecule has 1 aliphatic heterocycles. The van der Waals surface area contributed by atoms with E-state index in [1.54, 1.807) is 4.90 Å². The number of rotatable bonds is 2. The third-order valence-corrected chi connectivity index (χ3v) is 4.41. The first-order chi connectivity index (χ1) is 8.06. The predicted octanol–water partition coefficient (Wildman–Crippen LogP) is 1.58. The van der Waals surface area contributed by atoms with Gasteiger partial charge in [0, 0.05) is 24.2 Å². The van der Waals surface area contributed by atoms with E-state index in [1.165, 1.54) is 11.1 Å². The summed E-state index contributed by atoms with van der Waals surface area (Å²) in [6.45, 7) is 2.08. The van der Waals surface area contributed by atoms with Crippen LogP contribution in [0.2, 0.25) is 0 Å². The topological polar surface area (TPSA) is 46.3 Å². The standard InChI is InChI=1S/C14H18N2O/c1-9(15)14(6-7-14)11-4-3-5-12-10(11)8-13(17)16(12)2/h3-5,9H,6-8,15H2,1-2H3. The number of nitrogens with two attached hydrogens (primary N) is 1. The molecule has 2 aliphatic rings. The normalized spacial score (nSPS) is 22.5. The zero-order chi connectivity index (χ0) is 12.2. The second kappa shape index (κ2) is 3.33. The van der Waals surface area contributed by atoms with Crippen LogP contribution in [0.4, 0.5) is 5.69 Å². The van der Waals surface area contributed by atoms with Crippen LogP contribution < -0.4 is 10.6 Å². The van der Waals surface area contributed by atoms with Crippen molar-refractivity contribution in [2.45, 2.75) is 37.6 Å². The van der Waals surface area contributed by atoms with Crippen LogP contribution in [-0.2, 0) is 16.6 Å². The Morgan fingerprint density at radius 3 is 2.71 bits per heavy atom. The molecule has 17 heavy (non-hydrogen) atoms. The number of fused-ring (bicyclic) bond motifs is 1. The summed E-state index contributed by atoms with van der Waals surface area (Å²) < 4.78 is 0. The van der Waals surface area contributed by atoms with Gasteiger partial charge in [0.2, 0.25) is 5.91 Å². The lowest BCUT2D eigenvalue weighted by molar-refractivity contribution is -0.117. The van der Waals surface area contributed by atoms with Gasteiger partial charge in [-0.3, -0.25) is 4.79 Å². The number of likely N-dealkylation sites (N-methyl/N-ethyl adjacent to an activating group) is 1. The van der Waals surface area contributed by atoms with Crippen molar-refractivity contribution >= 4 is 11.6 Å². The first-order valence-electron chi connectivity index (χ1n) is 6.21. The molecular formula is C14H18N2O. The molecule has 0 aromatic heterocycles. The second-order valence-corrected chi connectivity index (χ2v) is 5.38. The van der Waals surface area contributed by atoms with Crippen molar-refractivity contribution in [3.8, 4) is 0 Å². The minimum atomic E-state index is 0.136. The fraction of sp³-hybridized carbons (Fsp3) is 0.500. The lowest BCUT2D eigenvalue weighted by Crippen LogP contribution is -2.32. The molecule has 1 fully saturated rings. The Labute approximate surface area is 102 Å². The largest absolute Gasteiger partial charge is 0.327 e. The molecule has 0 saturated heterocycles. The summed E-state index contributed by atoms with van der Waals surface area (Å²) in [5.74, 6) is 0.188. The van der Waals surface area contributed by atoms with Crippen LogP contribution in [-0.4, -0.2) is 19.0 Å². The third kappa shape index (κ3) is 1.35. The van der Waals surface area contributed by atoms with E-state index in [9.17, 15) is 4.79 Å². The molecule has 3 heteroatoms. The molecule has 1 aliphatic carbocycles. The molecule has 0 radical (unpaired) electrons. The molecule has 1 amide bonds. The molecule has 1 saturated carbocycles. The first-order valence-corrected chi connectivity index (χ1v) is 6.21. The number of anilines is 1. The Hall–Kier alpha value is -1.35. The lowest BCUT2D eigenvalue weighted by Gasteiger charge is -2.23. The summed E-state index contributed by atoms with van der Waals surface area (Å²) in [5, 5.41) is 0. The molecule has 3 rings (SSSR count). The maximum atomic E-state index is 11.8. The highest BCUT2D eigenvalue weighted by molar-refractivity contribution is 6.01. The summed E-state index contributed by atoms with van der Waals surface area (Å²) in [4.78, 5) is 13.6. The molecule has 1 aromatic carbocycles. The maximum Gasteiger partial charge on any atom is 0.231 e. The molecule has 1 heterocycles. The van der Waals surface area contributed by atoms with Gasteiger partial charge in [-0.25, -0.2) is 0 Å². The summed E-state index contributed by atoms with van der Waals surface area (Å²) >= 11 is 0. The van der Waals surface area contributed by atoms with Gasteiger partial charge in [-0.1, -0.05) is 12.1 Å². The Bertz CT molecular complexity index is 489. The van der Waals surface area contributed by atoms with Gasteiger partial charge in [0.15, 0.2) is 0 Å². The number of carbonyl (C=O) groups excluding carboxylic acids is 1. The molecule has 0 bridgehead atoms. The maximum absolute atomic E-state index is 11.8. The van der Waals surface area contributed by atoms with Crippen LogP contribution in [0.25, 0.3) is 0 Å². The van der Waals surface area contributed by atoms with Gasteiger partial charge in [0.05, 0.1) is 6.42 Å². The van der Waals surface area contributed by atoms with Crippen molar-refractivity contribution in [1.29, 1.82) is 0 Å². The van der Waals surface area contributed by atoms with Crippen LogP contribution in [0, 0.1) is 0 Å². The van der Waals surface area contributed by atoms with E-state index >= 15 is 0 Å². The first kappa shape index (κ1) is 10.8. The van der Waals surface area contributed by atoms with Crippen LogP contribution in [0.3, 0.4) is 0 Å². The number of carbonyl (C=O) groups is 1. The molecule has 90 valence electrons. The quantitative estimate of drug-likeness (QED) is 0.838. The number of benzene rings is 1. The third-order valence-electron chi connectivity index (χ3n) is 4.41. The van der Waals surface area contributed by atoms with Gasteiger partial charge in [0.25, 0.3) is 0 Å². The van der Waals surface area contributed by atoms with Crippen LogP contribution >= 0.6 is 0 Å². The van der Waals surface area contributed by atoms with Crippen LogP contribution in [0.1, 0.15) is 30.9 Å². The average molecular weight is 230 g/mol. The number of hydrogen-bond acceptors (Lipinski definition) is 2. The van der Waals surface area contributed by atoms with Gasteiger partial charge in [-0.2, -0.15) is 0 Å². The highest BCUT2D eigenvalue weighted by atomic mass is 16.2. The van der Waals surface area contributed by atoms with E-state index in [1.807, 2.05) is 19.2 Å².